The van der Waals surface area contributed by atoms with Gasteiger partial charge in [-0.1, -0.05) is 25.8 Å². The zero-order valence-electron chi connectivity index (χ0n) is 10.6. The molecular weight excluding hydrogens is 212 g/mol. The number of rotatable bonds is 5. The van der Waals surface area contributed by atoms with Gasteiger partial charge in [0.15, 0.2) is 0 Å². The second-order valence-corrected chi connectivity index (χ2v) is 4.87. The highest BCUT2D eigenvalue weighted by Crippen LogP contribution is 2.26. The number of hydrogen-bond donors (Lipinski definition) is 2. The van der Waals surface area contributed by atoms with Crippen LogP contribution in [0.15, 0.2) is 16.9 Å². The molecule has 0 saturated heterocycles. The Morgan fingerprint density at radius 2 is 2.29 bits per heavy atom. The highest BCUT2D eigenvalue weighted by molar-refractivity contribution is 5.25. The van der Waals surface area contributed by atoms with E-state index < -0.39 is 0 Å². The zero-order valence-corrected chi connectivity index (χ0v) is 10.6. The molecule has 1 unspecified atom stereocenters. The third-order valence-electron chi connectivity index (χ3n) is 3.50. The van der Waals surface area contributed by atoms with Crippen molar-refractivity contribution in [1.29, 1.82) is 0 Å². The van der Waals surface area contributed by atoms with Crippen molar-refractivity contribution >= 4 is 0 Å². The van der Waals surface area contributed by atoms with Crippen molar-refractivity contribution in [2.24, 2.45) is 0 Å². The van der Waals surface area contributed by atoms with Gasteiger partial charge in [-0.3, -0.25) is 4.79 Å². The fraction of sp³-hybridized carbons (Fsp3) is 0.643. The van der Waals surface area contributed by atoms with Crippen LogP contribution in [0.3, 0.4) is 0 Å². The summed E-state index contributed by atoms with van der Waals surface area (Å²) in [5.41, 5.74) is 2.45. The predicted octanol–water partition coefficient (Wildman–Crippen LogP) is 2.53. The molecule has 0 spiro atoms. The van der Waals surface area contributed by atoms with E-state index in [1.54, 1.807) is 6.07 Å². The van der Waals surface area contributed by atoms with Gasteiger partial charge in [0, 0.05) is 17.8 Å². The minimum atomic E-state index is 0.0195. The fourth-order valence-electron chi connectivity index (χ4n) is 2.55. The number of unbranched alkanes of at least 4 members (excludes halogenated alkanes) is 2. The molecule has 0 amide bonds. The van der Waals surface area contributed by atoms with Crippen LogP contribution in [0.4, 0.5) is 0 Å². The quantitative estimate of drug-likeness (QED) is 0.769. The summed E-state index contributed by atoms with van der Waals surface area (Å²) in [6.07, 6.45) is 7.19. The maximum absolute atomic E-state index is 11.4. The van der Waals surface area contributed by atoms with Crippen molar-refractivity contribution in [3.63, 3.8) is 0 Å². The van der Waals surface area contributed by atoms with E-state index in [0.29, 0.717) is 6.04 Å². The van der Waals surface area contributed by atoms with Crippen LogP contribution in [-0.4, -0.2) is 11.5 Å². The molecule has 1 atom stereocenters. The Kier molecular flexibility index (Phi) is 4.37. The fourth-order valence-corrected chi connectivity index (χ4v) is 2.55. The van der Waals surface area contributed by atoms with Gasteiger partial charge in [0.2, 0.25) is 5.56 Å². The van der Waals surface area contributed by atoms with Crippen LogP contribution < -0.4 is 10.9 Å². The lowest BCUT2D eigenvalue weighted by molar-refractivity contribution is 0.440. The van der Waals surface area contributed by atoms with E-state index in [-0.39, 0.29) is 5.56 Å². The van der Waals surface area contributed by atoms with E-state index in [2.05, 4.69) is 17.2 Å². The molecule has 17 heavy (non-hydrogen) atoms. The van der Waals surface area contributed by atoms with Crippen LogP contribution in [0.2, 0.25) is 0 Å². The van der Waals surface area contributed by atoms with Gasteiger partial charge in [-0.25, -0.2) is 0 Å². The first kappa shape index (κ1) is 12.4. The average Bonchev–Trinajstić information content (AvgIpc) is 2.35. The third-order valence-corrected chi connectivity index (χ3v) is 3.50. The van der Waals surface area contributed by atoms with Gasteiger partial charge in [-0.2, -0.15) is 0 Å². The van der Waals surface area contributed by atoms with E-state index in [9.17, 15) is 4.79 Å². The van der Waals surface area contributed by atoms with Gasteiger partial charge in [0.1, 0.15) is 0 Å². The number of pyridine rings is 1. The van der Waals surface area contributed by atoms with Crippen LogP contribution in [0.5, 0.6) is 0 Å². The second kappa shape index (κ2) is 6.01. The Morgan fingerprint density at radius 3 is 3.12 bits per heavy atom. The molecule has 0 saturated carbocycles. The maximum atomic E-state index is 11.4. The van der Waals surface area contributed by atoms with Crippen LogP contribution in [0.25, 0.3) is 0 Å². The summed E-state index contributed by atoms with van der Waals surface area (Å²) in [6.45, 7) is 3.27. The molecule has 0 fully saturated rings. The monoisotopic (exact) mass is 234 g/mol. The second-order valence-electron chi connectivity index (χ2n) is 4.87. The number of fused-ring (bicyclic) bond motifs is 1. The first-order chi connectivity index (χ1) is 8.31. The summed E-state index contributed by atoms with van der Waals surface area (Å²) in [4.78, 5) is 14.4. The summed E-state index contributed by atoms with van der Waals surface area (Å²) in [7, 11) is 0. The molecular formula is C14H22N2O. The summed E-state index contributed by atoms with van der Waals surface area (Å²) in [5.74, 6) is 0. The number of aromatic nitrogens is 1. The van der Waals surface area contributed by atoms with E-state index in [0.717, 1.165) is 25.1 Å². The summed E-state index contributed by atoms with van der Waals surface area (Å²) in [6, 6.07) is 3.97. The highest BCUT2D eigenvalue weighted by Gasteiger charge is 2.19. The molecule has 0 bridgehead atoms. The van der Waals surface area contributed by atoms with Gasteiger partial charge >= 0.3 is 0 Å². The molecule has 2 N–H and O–H groups in total. The predicted molar refractivity (Wildman–Crippen MR) is 70.3 cm³/mol. The molecule has 0 radical (unpaired) electrons. The van der Waals surface area contributed by atoms with Crippen molar-refractivity contribution in [2.75, 3.05) is 6.54 Å². The Hall–Kier alpha value is -1.09. The van der Waals surface area contributed by atoms with Crippen molar-refractivity contribution in [3.05, 3.63) is 33.7 Å². The van der Waals surface area contributed by atoms with Gasteiger partial charge < -0.3 is 10.3 Å². The van der Waals surface area contributed by atoms with Gasteiger partial charge in [0.05, 0.1) is 0 Å². The van der Waals surface area contributed by atoms with Crippen molar-refractivity contribution in [2.45, 2.75) is 51.5 Å². The summed E-state index contributed by atoms with van der Waals surface area (Å²) >= 11 is 0. The summed E-state index contributed by atoms with van der Waals surface area (Å²) < 4.78 is 0. The van der Waals surface area contributed by atoms with Gasteiger partial charge in [-0.05, 0) is 37.8 Å². The number of hydrogen-bond acceptors (Lipinski definition) is 2. The molecule has 0 aromatic carbocycles. The molecule has 0 aliphatic heterocycles. The molecule has 2 rings (SSSR count). The van der Waals surface area contributed by atoms with Crippen LogP contribution in [0.1, 0.15) is 56.3 Å². The first-order valence-electron chi connectivity index (χ1n) is 6.76. The standard InChI is InChI=1S/C14H22N2O/c1-2-3-4-10-15-12-7-5-6-11-8-9-13(17)16-14(11)12/h8-9,12,15H,2-7,10H2,1H3,(H,16,17). The Balaban J connectivity index is 2.01. The van der Waals surface area contributed by atoms with Crippen LogP contribution >= 0.6 is 0 Å². The van der Waals surface area contributed by atoms with Crippen molar-refractivity contribution in [3.8, 4) is 0 Å². The van der Waals surface area contributed by atoms with Gasteiger partial charge in [-0.15, -0.1) is 0 Å². The molecule has 1 aromatic heterocycles. The molecule has 1 heterocycles. The Morgan fingerprint density at radius 1 is 1.41 bits per heavy atom. The van der Waals surface area contributed by atoms with E-state index in [4.69, 9.17) is 0 Å². The third kappa shape index (κ3) is 3.19. The Bertz CT molecular complexity index is 411. The topological polar surface area (TPSA) is 44.9 Å². The lowest BCUT2D eigenvalue weighted by Crippen LogP contribution is -2.29. The molecule has 1 aliphatic carbocycles. The van der Waals surface area contributed by atoms with Gasteiger partial charge in [0.25, 0.3) is 0 Å². The van der Waals surface area contributed by atoms with E-state index >= 15 is 0 Å². The minimum absolute atomic E-state index is 0.0195. The maximum Gasteiger partial charge on any atom is 0.248 e. The van der Waals surface area contributed by atoms with E-state index in [1.807, 2.05) is 6.07 Å². The number of H-pyrrole nitrogens is 1. The SMILES string of the molecule is CCCCCNC1CCCc2ccc(=O)[nH]c21. The van der Waals surface area contributed by atoms with Crippen LogP contribution in [0, 0.1) is 0 Å². The molecule has 3 heteroatoms. The smallest absolute Gasteiger partial charge is 0.248 e. The average molecular weight is 234 g/mol. The summed E-state index contributed by atoms with van der Waals surface area (Å²) in [5, 5.41) is 3.57. The number of nitrogens with one attached hydrogen (secondary N) is 2. The zero-order chi connectivity index (χ0) is 12.1. The largest absolute Gasteiger partial charge is 0.324 e. The van der Waals surface area contributed by atoms with Crippen LogP contribution in [-0.2, 0) is 6.42 Å². The molecule has 3 nitrogen and oxygen atoms in total. The lowest BCUT2D eigenvalue weighted by Gasteiger charge is -2.25. The van der Waals surface area contributed by atoms with Crippen molar-refractivity contribution in [1.82, 2.24) is 10.3 Å². The number of aryl methyl sites for hydroxylation is 1. The van der Waals surface area contributed by atoms with Crippen molar-refractivity contribution < 1.29 is 0 Å². The molecule has 1 aromatic rings. The minimum Gasteiger partial charge on any atom is -0.324 e. The molecule has 94 valence electrons. The number of aromatic amines is 1. The van der Waals surface area contributed by atoms with E-state index in [1.165, 1.54) is 31.2 Å². The first-order valence-corrected chi connectivity index (χ1v) is 6.76. The normalized spacial score (nSPS) is 19.0. The molecule has 1 aliphatic rings. The highest BCUT2D eigenvalue weighted by atomic mass is 16.1. The Labute approximate surface area is 103 Å². The lowest BCUT2D eigenvalue weighted by atomic mass is 9.92.